The van der Waals surface area contributed by atoms with Gasteiger partial charge in [-0.15, -0.1) is 0 Å². The quantitative estimate of drug-likeness (QED) is 0.230. The molecular formula is C33H35F3N4O2. The van der Waals surface area contributed by atoms with Crippen LogP contribution in [0, 0.1) is 11.3 Å². The first-order chi connectivity index (χ1) is 19.9. The third kappa shape index (κ3) is 5.82. The Morgan fingerprint density at radius 1 is 1.05 bits per heavy atom. The van der Waals surface area contributed by atoms with Crippen LogP contribution in [0.3, 0.4) is 0 Å². The summed E-state index contributed by atoms with van der Waals surface area (Å²) in [5.41, 5.74) is -0.990. The Morgan fingerprint density at radius 3 is 2.48 bits per heavy atom. The number of benzene rings is 2. The molecule has 2 aromatic heterocycles. The van der Waals surface area contributed by atoms with Crippen LogP contribution in [0.15, 0.2) is 60.8 Å². The Bertz CT molecular complexity index is 1620. The predicted molar refractivity (Wildman–Crippen MR) is 158 cm³/mol. The van der Waals surface area contributed by atoms with Gasteiger partial charge < -0.3 is 19.7 Å². The molecule has 0 aliphatic carbocycles. The Kier molecular flexibility index (Phi) is 7.95. The molecule has 2 N–H and O–H groups in total. The first-order valence-corrected chi connectivity index (χ1v) is 14.1. The number of pyridine rings is 1. The fraction of sp³-hybridized carbons (Fsp3) is 0.394. The van der Waals surface area contributed by atoms with Gasteiger partial charge in [0.15, 0.2) is 5.60 Å². The molecule has 0 amide bonds. The van der Waals surface area contributed by atoms with Gasteiger partial charge in [-0.25, -0.2) is 4.98 Å². The highest BCUT2D eigenvalue weighted by Gasteiger charge is 2.56. The third-order valence-corrected chi connectivity index (χ3v) is 8.26. The average molecular weight is 577 g/mol. The van der Waals surface area contributed by atoms with E-state index in [9.17, 15) is 23.5 Å². The van der Waals surface area contributed by atoms with Crippen molar-refractivity contribution in [2.24, 2.45) is 0 Å². The molecule has 9 heteroatoms. The minimum Gasteiger partial charge on any atom is -0.496 e. The van der Waals surface area contributed by atoms with Gasteiger partial charge in [-0.3, -0.25) is 0 Å². The number of aromatic amines is 1. The average Bonchev–Trinajstić information content (AvgIpc) is 3.37. The second-order valence-electron chi connectivity index (χ2n) is 11.8. The molecule has 1 atom stereocenters. The minimum atomic E-state index is -4.91. The highest BCUT2D eigenvalue weighted by atomic mass is 19.4. The van der Waals surface area contributed by atoms with E-state index < -0.39 is 30.0 Å². The van der Waals surface area contributed by atoms with E-state index in [4.69, 9.17) is 4.74 Å². The van der Waals surface area contributed by atoms with Crippen molar-refractivity contribution < 1.29 is 23.0 Å². The zero-order valence-electron chi connectivity index (χ0n) is 24.1. The number of piperidine rings is 1. The number of hydrogen-bond donors (Lipinski definition) is 2. The Balaban J connectivity index is 1.47. The van der Waals surface area contributed by atoms with E-state index in [2.05, 4.69) is 20.9 Å². The molecule has 6 nitrogen and oxygen atoms in total. The molecule has 1 saturated heterocycles. The number of nitriles is 1. The maximum Gasteiger partial charge on any atom is 0.417 e. The number of alkyl halides is 3. The van der Waals surface area contributed by atoms with Gasteiger partial charge in [-0.1, -0.05) is 38.1 Å². The lowest BCUT2D eigenvalue weighted by molar-refractivity contribution is -0.266. The lowest BCUT2D eigenvalue weighted by Crippen LogP contribution is -2.51. The Labute approximate surface area is 243 Å². The lowest BCUT2D eigenvalue weighted by Gasteiger charge is -2.38. The number of H-pyrrole nitrogens is 1. The van der Waals surface area contributed by atoms with Gasteiger partial charge in [0.1, 0.15) is 11.6 Å². The normalized spacial score (nSPS) is 15.8. The molecule has 1 aliphatic heterocycles. The summed E-state index contributed by atoms with van der Waals surface area (Å²) in [4.78, 5) is 9.77. The van der Waals surface area contributed by atoms with Crippen molar-refractivity contribution in [2.45, 2.75) is 63.1 Å². The summed E-state index contributed by atoms with van der Waals surface area (Å²) in [6.07, 6.45) is -1.16. The first kappa shape index (κ1) is 29.5. The van der Waals surface area contributed by atoms with Crippen molar-refractivity contribution in [1.82, 2.24) is 9.97 Å². The standard InChI is InChI=1S/C33H35F3N4O2/c1-31(2,27-16-22(11-12-29(27)42-3)26-10-6-5-9-23(26)19-37)21-32(41,33(34,35)36)18-25-15-24-17-30(38-20-28(24)39-25)40-13-7-4-8-14-40/h5-6,9-12,15-17,20,39,41H,4,7-8,13-14,18,21H2,1-3H3. The fourth-order valence-electron chi connectivity index (χ4n) is 6.11. The van der Waals surface area contributed by atoms with Gasteiger partial charge in [-0.05, 0) is 72.6 Å². The van der Waals surface area contributed by atoms with E-state index in [0.29, 0.717) is 33.5 Å². The third-order valence-electron chi connectivity index (χ3n) is 8.26. The summed E-state index contributed by atoms with van der Waals surface area (Å²) < 4.78 is 49.6. The second-order valence-corrected chi connectivity index (χ2v) is 11.8. The van der Waals surface area contributed by atoms with E-state index in [1.54, 1.807) is 68.6 Å². The highest BCUT2D eigenvalue weighted by molar-refractivity contribution is 5.82. The zero-order chi connectivity index (χ0) is 30.1. The van der Waals surface area contributed by atoms with Crippen molar-refractivity contribution in [3.05, 3.63) is 77.6 Å². The second kappa shape index (κ2) is 11.3. The smallest absolute Gasteiger partial charge is 0.417 e. The van der Waals surface area contributed by atoms with Crippen LogP contribution in [-0.4, -0.2) is 47.1 Å². The number of methoxy groups -OCH3 is 1. The summed E-state index contributed by atoms with van der Waals surface area (Å²) >= 11 is 0. The maximum atomic E-state index is 14.7. The van der Waals surface area contributed by atoms with Crippen molar-refractivity contribution in [3.8, 4) is 22.9 Å². The van der Waals surface area contributed by atoms with Crippen LogP contribution >= 0.6 is 0 Å². The number of hydrogen-bond acceptors (Lipinski definition) is 5. The van der Waals surface area contributed by atoms with Crippen LogP contribution in [0.1, 0.15) is 56.4 Å². The lowest BCUT2D eigenvalue weighted by atomic mass is 9.72. The number of rotatable bonds is 8. The maximum absolute atomic E-state index is 14.7. The van der Waals surface area contributed by atoms with Gasteiger partial charge in [0, 0.05) is 36.2 Å². The van der Waals surface area contributed by atoms with E-state index in [0.717, 1.165) is 37.1 Å². The molecule has 1 unspecified atom stereocenters. The molecular weight excluding hydrogens is 541 g/mol. The van der Waals surface area contributed by atoms with Crippen LogP contribution in [0.2, 0.25) is 0 Å². The highest BCUT2D eigenvalue weighted by Crippen LogP contribution is 2.46. The predicted octanol–water partition coefficient (Wildman–Crippen LogP) is 7.30. The largest absolute Gasteiger partial charge is 0.496 e. The number of aromatic nitrogens is 2. The van der Waals surface area contributed by atoms with Crippen LogP contribution < -0.4 is 9.64 Å². The topological polar surface area (TPSA) is 85.2 Å². The Morgan fingerprint density at radius 2 is 1.79 bits per heavy atom. The van der Waals surface area contributed by atoms with E-state index >= 15 is 0 Å². The van der Waals surface area contributed by atoms with Crippen LogP contribution in [0.25, 0.3) is 22.0 Å². The van der Waals surface area contributed by atoms with Crippen molar-refractivity contribution in [2.75, 3.05) is 25.1 Å². The molecule has 1 aliphatic rings. The monoisotopic (exact) mass is 576 g/mol. The zero-order valence-corrected chi connectivity index (χ0v) is 24.1. The number of anilines is 1. The number of fused-ring (bicyclic) bond motifs is 1. The molecule has 0 spiro atoms. The number of aliphatic hydroxyl groups is 1. The number of ether oxygens (including phenoxy) is 1. The molecule has 0 bridgehead atoms. The molecule has 220 valence electrons. The summed E-state index contributed by atoms with van der Waals surface area (Å²) in [5, 5.41) is 21.7. The molecule has 2 aromatic carbocycles. The van der Waals surface area contributed by atoms with Crippen molar-refractivity contribution in [1.29, 1.82) is 5.26 Å². The molecule has 5 rings (SSSR count). The number of halogens is 3. The summed E-state index contributed by atoms with van der Waals surface area (Å²) in [5.74, 6) is 1.22. The molecule has 0 saturated carbocycles. The fourth-order valence-corrected chi connectivity index (χ4v) is 6.11. The minimum absolute atomic E-state index is 0.280. The van der Waals surface area contributed by atoms with Gasteiger partial charge in [0.25, 0.3) is 0 Å². The summed E-state index contributed by atoms with van der Waals surface area (Å²) in [6, 6.07) is 18.0. The molecule has 1 fully saturated rings. The van der Waals surface area contributed by atoms with Crippen molar-refractivity contribution >= 4 is 16.7 Å². The first-order valence-electron chi connectivity index (χ1n) is 14.1. The number of nitrogens with zero attached hydrogens (tertiary/aromatic N) is 3. The van der Waals surface area contributed by atoms with Gasteiger partial charge in [0.2, 0.25) is 0 Å². The van der Waals surface area contributed by atoms with Gasteiger partial charge in [-0.2, -0.15) is 18.4 Å². The van der Waals surface area contributed by atoms with Gasteiger partial charge >= 0.3 is 6.18 Å². The van der Waals surface area contributed by atoms with Crippen LogP contribution in [0.4, 0.5) is 19.0 Å². The van der Waals surface area contributed by atoms with E-state index in [1.807, 2.05) is 6.07 Å². The van der Waals surface area contributed by atoms with Crippen molar-refractivity contribution in [3.63, 3.8) is 0 Å². The molecule has 0 radical (unpaired) electrons. The van der Waals surface area contributed by atoms with E-state index in [1.165, 1.54) is 13.5 Å². The summed E-state index contributed by atoms with van der Waals surface area (Å²) in [7, 11) is 1.46. The number of nitrogens with one attached hydrogen (secondary N) is 1. The van der Waals surface area contributed by atoms with E-state index in [-0.39, 0.29) is 5.69 Å². The SMILES string of the molecule is COc1ccc(-c2ccccc2C#N)cc1C(C)(C)CC(O)(Cc1cc2cc(N3CCCCC3)ncc2[nH]1)C(F)(F)F. The molecule has 42 heavy (non-hydrogen) atoms. The summed E-state index contributed by atoms with van der Waals surface area (Å²) in [6.45, 7) is 5.15. The molecule has 4 aromatic rings. The molecule has 3 heterocycles. The van der Waals surface area contributed by atoms with Crippen LogP contribution in [-0.2, 0) is 11.8 Å². The van der Waals surface area contributed by atoms with Crippen LogP contribution in [0.5, 0.6) is 5.75 Å². The Hall–Kier alpha value is -4.03. The van der Waals surface area contributed by atoms with Gasteiger partial charge in [0.05, 0.1) is 30.5 Å².